The molecular formula is C25H22N4O2. The van der Waals surface area contributed by atoms with Crippen LogP contribution >= 0.6 is 0 Å². The number of carbonyl (C=O) groups excluding carboxylic acids is 1. The Balaban J connectivity index is 1.68. The SMILES string of the molecule is Nc1ccc(-c2cnc(NC(=O)Cc3ccccc3)c(C(O)c3ccccc3)n2)cc1. The predicted octanol–water partition coefficient (Wildman–Crippen LogP) is 3.99. The van der Waals surface area contributed by atoms with Crippen molar-refractivity contribution in [2.75, 3.05) is 11.1 Å². The molecule has 154 valence electrons. The lowest BCUT2D eigenvalue weighted by molar-refractivity contribution is -0.115. The smallest absolute Gasteiger partial charge is 0.229 e. The third-order valence-corrected chi connectivity index (χ3v) is 4.85. The lowest BCUT2D eigenvalue weighted by Crippen LogP contribution is -2.19. The number of amides is 1. The summed E-state index contributed by atoms with van der Waals surface area (Å²) in [5, 5.41) is 13.8. The van der Waals surface area contributed by atoms with E-state index in [1.165, 1.54) is 0 Å². The molecule has 0 saturated carbocycles. The van der Waals surface area contributed by atoms with Crippen LogP contribution in [0.15, 0.2) is 91.1 Å². The highest BCUT2D eigenvalue weighted by Gasteiger charge is 2.20. The van der Waals surface area contributed by atoms with E-state index in [0.29, 0.717) is 16.9 Å². The van der Waals surface area contributed by atoms with Gasteiger partial charge in [0, 0.05) is 11.3 Å². The van der Waals surface area contributed by atoms with E-state index < -0.39 is 6.10 Å². The van der Waals surface area contributed by atoms with Crippen LogP contribution < -0.4 is 11.1 Å². The lowest BCUT2D eigenvalue weighted by Gasteiger charge is -2.16. The first kappa shape index (κ1) is 20.3. The monoisotopic (exact) mass is 410 g/mol. The van der Waals surface area contributed by atoms with Crippen LogP contribution in [-0.2, 0) is 11.2 Å². The van der Waals surface area contributed by atoms with Gasteiger partial charge in [0.05, 0.1) is 18.3 Å². The molecule has 3 aromatic carbocycles. The van der Waals surface area contributed by atoms with E-state index >= 15 is 0 Å². The van der Waals surface area contributed by atoms with Crippen LogP contribution in [0.2, 0.25) is 0 Å². The zero-order chi connectivity index (χ0) is 21.6. The number of nitrogen functional groups attached to an aromatic ring is 1. The van der Waals surface area contributed by atoms with Crippen LogP contribution in [0.25, 0.3) is 11.3 Å². The summed E-state index contributed by atoms with van der Waals surface area (Å²) in [6.07, 6.45) is 0.725. The van der Waals surface area contributed by atoms with Crippen molar-refractivity contribution in [2.24, 2.45) is 0 Å². The van der Waals surface area contributed by atoms with E-state index in [1.807, 2.05) is 60.7 Å². The number of carbonyl (C=O) groups is 1. The number of anilines is 2. The van der Waals surface area contributed by atoms with E-state index in [9.17, 15) is 9.90 Å². The van der Waals surface area contributed by atoms with Crippen molar-refractivity contribution >= 4 is 17.4 Å². The second-order valence-electron chi connectivity index (χ2n) is 7.13. The Bertz CT molecular complexity index is 1160. The van der Waals surface area contributed by atoms with Crippen molar-refractivity contribution in [3.05, 3.63) is 108 Å². The number of hydrogen-bond donors (Lipinski definition) is 3. The largest absolute Gasteiger partial charge is 0.399 e. The average Bonchev–Trinajstić information content (AvgIpc) is 2.80. The Morgan fingerprint density at radius 3 is 2.26 bits per heavy atom. The minimum atomic E-state index is -1.05. The fourth-order valence-electron chi connectivity index (χ4n) is 3.23. The number of nitrogens with zero attached hydrogens (tertiary/aromatic N) is 2. The fraction of sp³-hybridized carbons (Fsp3) is 0.0800. The molecule has 0 saturated heterocycles. The van der Waals surface area contributed by atoms with Gasteiger partial charge in [0.25, 0.3) is 0 Å². The molecule has 0 fully saturated rings. The number of benzene rings is 3. The van der Waals surface area contributed by atoms with Crippen LogP contribution in [0.3, 0.4) is 0 Å². The first-order valence-electron chi connectivity index (χ1n) is 9.90. The molecule has 6 nitrogen and oxygen atoms in total. The van der Waals surface area contributed by atoms with Crippen molar-refractivity contribution in [1.82, 2.24) is 9.97 Å². The van der Waals surface area contributed by atoms with Gasteiger partial charge in [0.15, 0.2) is 5.82 Å². The van der Waals surface area contributed by atoms with Crippen LogP contribution in [0.5, 0.6) is 0 Å². The number of nitrogens with one attached hydrogen (secondary N) is 1. The molecule has 0 spiro atoms. The van der Waals surface area contributed by atoms with E-state index in [1.54, 1.807) is 30.5 Å². The quantitative estimate of drug-likeness (QED) is 0.417. The molecule has 6 heteroatoms. The normalized spacial score (nSPS) is 11.6. The molecule has 1 unspecified atom stereocenters. The zero-order valence-corrected chi connectivity index (χ0v) is 16.8. The molecule has 1 amide bonds. The standard InChI is InChI=1S/C25H22N4O2/c26-20-13-11-18(12-14-20)21-16-27-25(29-22(30)15-17-7-3-1-4-8-17)23(28-21)24(31)19-9-5-2-6-10-19/h1-14,16,24,31H,15,26H2,(H,27,29,30). The highest BCUT2D eigenvalue weighted by Crippen LogP contribution is 2.28. The second kappa shape index (κ2) is 9.19. The van der Waals surface area contributed by atoms with Gasteiger partial charge in [-0.15, -0.1) is 0 Å². The molecule has 0 aliphatic carbocycles. The highest BCUT2D eigenvalue weighted by atomic mass is 16.3. The first-order chi connectivity index (χ1) is 15.1. The molecule has 0 aliphatic heterocycles. The predicted molar refractivity (Wildman–Crippen MR) is 121 cm³/mol. The molecule has 31 heavy (non-hydrogen) atoms. The van der Waals surface area contributed by atoms with Crippen LogP contribution in [0, 0.1) is 0 Å². The number of aromatic nitrogens is 2. The van der Waals surface area contributed by atoms with Gasteiger partial charge >= 0.3 is 0 Å². The first-order valence-corrected chi connectivity index (χ1v) is 9.90. The number of nitrogens with two attached hydrogens (primary N) is 1. The van der Waals surface area contributed by atoms with Gasteiger partial charge in [0.1, 0.15) is 11.8 Å². The molecule has 0 bridgehead atoms. The lowest BCUT2D eigenvalue weighted by atomic mass is 10.1. The Kier molecular flexibility index (Phi) is 6.01. The maximum absolute atomic E-state index is 12.6. The van der Waals surface area contributed by atoms with Crippen LogP contribution in [0.1, 0.15) is 22.9 Å². The summed E-state index contributed by atoms with van der Waals surface area (Å²) in [4.78, 5) is 21.7. The summed E-state index contributed by atoms with van der Waals surface area (Å²) in [6, 6.07) is 25.8. The Labute approximate surface area is 180 Å². The molecule has 0 aliphatic rings. The summed E-state index contributed by atoms with van der Waals surface area (Å²) in [6.45, 7) is 0. The van der Waals surface area contributed by atoms with Gasteiger partial charge < -0.3 is 16.2 Å². The molecule has 1 heterocycles. The fourth-order valence-corrected chi connectivity index (χ4v) is 3.23. The van der Waals surface area contributed by atoms with Crippen molar-refractivity contribution in [2.45, 2.75) is 12.5 Å². The van der Waals surface area contributed by atoms with Crippen LogP contribution in [0.4, 0.5) is 11.5 Å². The van der Waals surface area contributed by atoms with Crippen molar-refractivity contribution in [3.63, 3.8) is 0 Å². The summed E-state index contributed by atoms with van der Waals surface area (Å²) >= 11 is 0. The zero-order valence-electron chi connectivity index (χ0n) is 16.8. The topological polar surface area (TPSA) is 101 Å². The van der Waals surface area contributed by atoms with E-state index in [2.05, 4.69) is 15.3 Å². The molecule has 4 N–H and O–H groups in total. The van der Waals surface area contributed by atoms with E-state index in [0.717, 1.165) is 11.1 Å². The van der Waals surface area contributed by atoms with Gasteiger partial charge in [-0.3, -0.25) is 4.79 Å². The molecule has 4 aromatic rings. The average molecular weight is 410 g/mol. The van der Waals surface area contributed by atoms with Crippen molar-refractivity contribution in [1.29, 1.82) is 0 Å². The highest BCUT2D eigenvalue weighted by molar-refractivity contribution is 5.92. The second-order valence-corrected chi connectivity index (χ2v) is 7.13. The Morgan fingerprint density at radius 2 is 1.58 bits per heavy atom. The van der Waals surface area contributed by atoms with Gasteiger partial charge in [-0.25, -0.2) is 9.97 Å². The summed E-state index contributed by atoms with van der Waals surface area (Å²) in [7, 11) is 0. The van der Waals surface area contributed by atoms with E-state index in [-0.39, 0.29) is 23.8 Å². The maximum Gasteiger partial charge on any atom is 0.229 e. The third kappa shape index (κ3) is 4.94. The molecule has 1 aromatic heterocycles. The summed E-state index contributed by atoms with van der Waals surface area (Å²) < 4.78 is 0. The van der Waals surface area contributed by atoms with Crippen LogP contribution in [-0.4, -0.2) is 21.0 Å². The van der Waals surface area contributed by atoms with Gasteiger partial charge in [-0.1, -0.05) is 72.8 Å². The number of aliphatic hydroxyl groups is 1. The van der Waals surface area contributed by atoms with Crippen molar-refractivity contribution in [3.8, 4) is 11.3 Å². The van der Waals surface area contributed by atoms with Crippen molar-refractivity contribution < 1.29 is 9.90 Å². The molecule has 1 atom stereocenters. The minimum Gasteiger partial charge on any atom is -0.399 e. The Hall–Kier alpha value is -4.03. The number of rotatable bonds is 6. The van der Waals surface area contributed by atoms with Gasteiger partial charge in [0.2, 0.25) is 5.91 Å². The molecule has 0 radical (unpaired) electrons. The van der Waals surface area contributed by atoms with Gasteiger partial charge in [-0.05, 0) is 23.3 Å². The number of hydrogen-bond acceptors (Lipinski definition) is 5. The van der Waals surface area contributed by atoms with Gasteiger partial charge in [-0.2, -0.15) is 0 Å². The summed E-state index contributed by atoms with van der Waals surface area (Å²) in [5.41, 5.74) is 9.63. The molecular weight excluding hydrogens is 388 g/mol. The minimum absolute atomic E-state index is 0.198. The molecule has 4 rings (SSSR count). The Morgan fingerprint density at radius 1 is 0.935 bits per heavy atom. The van der Waals surface area contributed by atoms with E-state index in [4.69, 9.17) is 5.73 Å². The third-order valence-electron chi connectivity index (χ3n) is 4.85. The number of aliphatic hydroxyl groups excluding tert-OH is 1. The maximum atomic E-state index is 12.6. The summed E-state index contributed by atoms with van der Waals surface area (Å²) in [5.74, 6) is -0.00118.